The van der Waals surface area contributed by atoms with Crippen LogP contribution in [0.25, 0.3) is 0 Å². The number of likely N-dealkylation sites (N-methyl/N-ethyl adjacent to an activating group) is 1. The van der Waals surface area contributed by atoms with Crippen LogP contribution < -0.4 is 10.1 Å². The van der Waals surface area contributed by atoms with Gasteiger partial charge in [0.1, 0.15) is 5.75 Å². The molecule has 7 heteroatoms. The molecule has 3 rings (SSSR count). The quantitative estimate of drug-likeness (QED) is 0.770. The average molecular weight is 404 g/mol. The molecule has 0 spiro atoms. The van der Waals surface area contributed by atoms with Gasteiger partial charge in [0.2, 0.25) is 0 Å². The van der Waals surface area contributed by atoms with Crippen molar-refractivity contribution in [2.24, 2.45) is 5.92 Å². The molecule has 2 aromatic carbocycles. The molecule has 0 aliphatic carbocycles. The smallest absolute Gasteiger partial charge is 0.405 e. The van der Waals surface area contributed by atoms with Crippen molar-refractivity contribution in [2.75, 3.05) is 13.6 Å². The molecule has 2 atom stereocenters. The lowest BCUT2D eigenvalue weighted by Gasteiger charge is -2.35. The minimum Gasteiger partial charge on any atom is -0.405 e. The Labute approximate surface area is 168 Å². The second-order valence-corrected chi connectivity index (χ2v) is 7.21. The number of hydrogen-bond acceptors (Lipinski definition) is 3. The van der Waals surface area contributed by atoms with Crippen LogP contribution in [0.4, 0.5) is 13.2 Å². The van der Waals surface area contributed by atoms with E-state index in [1.54, 1.807) is 0 Å². The fraction of sp³-hybridized carbons (Fsp3) is 0.318. The first-order chi connectivity index (χ1) is 13.7. The van der Waals surface area contributed by atoms with Crippen LogP contribution in [-0.4, -0.2) is 30.8 Å². The van der Waals surface area contributed by atoms with Gasteiger partial charge in [-0.2, -0.15) is 0 Å². The van der Waals surface area contributed by atoms with Gasteiger partial charge in [0, 0.05) is 19.3 Å². The van der Waals surface area contributed by atoms with E-state index in [2.05, 4.69) is 28.0 Å². The summed E-state index contributed by atoms with van der Waals surface area (Å²) in [6.45, 7) is 2.98. The van der Waals surface area contributed by atoms with Crippen molar-refractivity contribution in [1.82, 2.24) is 10.2 Å². The van der Waals surface area contributed by atoms with Crippen molar-refractivity contribution in [1.29, 1.82) is 0 Å². The molecule has 0 aromatic heterocycles. The molecule has 2 aromatic rings. The number of nitrogens with one attached hydrogen (secondary N) is 1. The SMILES string of the molecule is CC1CC=C(C(NC(=O)c2ccccc2OC(F)(F)F)c2ccccc2)N(C)C1. The van der Waals surface area contributed by atoms with Crippen molar-refractivity contribution in [3.05, 3.63) is 77.5 Å². The summed E-state index contributed by atoms with van der Waals surface area (Å²) in [6, 6.07) is 14.2. The summed E-state index contributed by atoms with van der Waals surface area (Å²) >= 11 is 0. The lowest BCUT2D eigenvalue weighted by Crippen LogP contribution is -2.38. The number of alkyl halides is 3. The molecule has 154 valence electrons. The Morgan fingerprint density at radius 3 is 2.45 bits per heavy atom. The van der Waals surface area contributed by atoms with E-state index in [-0.39, 0.29) is 5.56 Å². The zero-order chi connectivity index (χ0) is 21.0. The lowest BCUT2D eigenvalue weighted by molar-refractivity contribution is -0.274. The van der Waals surface area contributed by atoms with Gasteiger partial charge in [0.15, 0.2) is 0 Å². The summed E-state index contributed by atoms with van der Waals surface area (Å²) in [6.07, 6.45) is -1.94. The molecule has 0 fully saturated rings. The maximum absolute atomic E-state index is 12.9. The van der Waals surface area contributed by atoms with Crippen molar-refractivity contribution >= 4 is 5.91 Å². The molecule has 1 amide bonds. The standard InChI is InChI=1S/C22H23F3N2O2/c1-15-12-13-18(27(2)14-15)20(16-8-4-3-5-9-16)26-21(28)17-10-6-7-11-19(17)29-22(23,24)25/h3-11,13,15,20H,12,14H2,1-2H3,(H,26,28). The van der Waals surface area contributed by atoms with Crippen molar-refractivity contribution < 1.29 is 22.7 Å². The van der Waals surface area contributed by atoms with Crippen LogP contribution in [0.1, 0.15) is 35.3 Å². The molecule has 1 aliphatic rings. The number of carbonyl (C=O) groups excluding carboxylic acids is 1. The number of nitrogens with zero attached hydrogens (tertiary/aromatic N) is 1. The van der Waals surface area contributed by atoms with Gasteiger partial charge < -0.3 is 15.0 Å². The highest BCUT2D eigenvalue weighted by molar-refractivity contribution is 5.97. The number of para-hydroxylation sites is 1. The van der Waals surface area contributed by atoms with E-state index in [1.165, 1.54) is 18.2 Å². The number of allylic oxidation sites excluding steroid dienone is 1. The van der Waals surface area contributed by atoms with Crippen LogP contribution in [0, 0.1) is 5.92 Å². The Hall–Kier alpha value is -2.96. The molecule has 2 unspecified atom stereocenters. The highest BCUT2D eigenvalue weighted by atomic mass is 19.4. The Morgan fingerprint density at radius 1 is 1.14 bits per heavy atom. The number of hydrogen-bond donors (Lipinski definition) is 1. The van der Waals surface area contributed by atoms with Crippen molar-refractivity contribution in [3.63, 3.8) is 0 Å². The molecule has 29 heavy (non-hydrogen) atoms. The molecule has 0 radical (unpaired) electrons. The van der Waals surface area contributed by atoms with Crippen LogP contribution in [0.2, 0.25) is 0 Å². The molecular formula is C22H23F3N2O2. The summed E-state index contributed by atoms with van der Waals surface area (Å²) in [5.74, 6) is -0.674. The topological polar surface area (TPSA) is 41.6 Å². The summed E-state index contributed by atoms with van der Waals surface area (Å²) < 4.78 is 42.2. The van der Waals surface area contributed by atoms with E-state index < -0.39 is 24.1 Å². The van der Waals surface area contributed by atoms with Gasteiger partial charge in [-0.25, -0.2) is 0 Å². The molecule has 0 saturated carbocycles. The zero-order valence-corrected chi connectivity index (χ0v) is 16.2. The first-order valence-electron chi connectivity index (χ1n) is 9.36. The van der Waals surface area contributed by atoms with Crippen LogP contribution in [0.3, 0.4) is 0 Å². The first kappa shape index (κ1) is 20.8. The van der Waals surface area contributed by atoms with Gasteiger partial charge in [0.25, 0.3) is 5.91 Å². The number of rotatable bonds is 5. The van der Waals surface area contributed by atoms with Gasteiger partial charge in [0.05, 0.1) is 11.6 Å². The van der Waals surface area contributed by atoms with E-state index in [4.69, 9.17) is 0 Å². The third kappa shape index (κ3) is 5.31. The highest BCUT2D eigenvalue weighted by Crippen LogP contribution is 2.31. The number of benzene rings is 2. The Morgan fingerprint density at radius 2 is 1.79 bits per heavy atom. The molecule has 1 heterocycles. The van der Waals surface area contributed by atoms with Gasteiger partial charge in [-0.3, -0.25) is 4.79 Å². The van der Waals surface area contributed by atoms with E-state index >= 15 is 0 Å². The third-order valence-corrected chi connectivity index (χ3v) is 4.82. The Balaban J connectivity index is 1.92. The van der Waals surface area contributed by atoms with Crippen LogP contribution in [0.15, 0.2) is 66.4 Å². The molecule has 0 bridgehead atoms. The summed E-state index contributed by atoms with van der Waals surface area (Å²) in [5.41, 5.74) is 1.60. The fourth-order valence-corrected chi connectivity index (χ4v) is 3.51. The van der Waals surface area contributed by atoms with E-state index in [0.29, 0.717) is 5.92 Å². The predicted molar refractivity (Wildman–Crippen MR) is 104 cm³/mol. The largest absolute Gasteiger partial charge is 0.573 e. The summed E-state index contributed by atoms with van der Waals surface area (Å²) in [5, 5.41) is 2.89. The minimum absolute atomic E-state index is 0.168. The average Bonchev–Trinajstić information content (AvgIpc) is 2.66. The number of carbonyl (C=O) groups is 1. The monoisotopic (exact) mass is 404 g/mol. The summed E-state index contributed by atoms with van der Waals surface area (Å²) in [7, 11) is 1.95. The normalized spacial score (nSPS) is 18.0. The van der Waals surface area contributed by atoms with Crippen LogP contribution in [0.5, 0.6) is 5.75 Å². The second-order valence-electron chi connectivity index (χ2n) is 7.21. The van der Waals surface area contributed by atoms with Gasteiger partial charge in [-0.15, -0.1) is 13.2 Å². The van der Waals surface area contributed by atoms with Gasteiger partial charge in [-0.1, -0.05) is 55.5 Å². The van der Waals surface area contributed by atoms with E-state index in [9.17, 15) is 18.0 Å². The lowest BCUT2D eigenvalue weighted by atomic mass is 9.95. The first-order valence-corrected chi connectivity index (χ1v) is 9.36. The maximum atomic E-state index is 12.9. The van der Waals surface area contributed by atoms with E-state index in [1.807, 2.05) is 37.4 Å². The number of ether oxygens (including phenoxy) is 1. The van der Waals surface area contributed by atoms with Gasteiger partial charge >= 0.3 is 6.36 Å². The molecule has 1 N–H and O–H groups in total. The fourth-order valence-electron chi connectivity index (χ4n) is 3.51. The van der Waals surface area contributed by atoms with Crippen molar-refractivity contribution in [2.45, 2.75) is 25.7 Å². The molecule has 4 nitrogen and oxygen atoms in total. The maximum Gasteiger partial charge on any atom is 0.573 e. The molecular weight excluding hydrogens is 381 g/mol. The minimum atomic E-state index is -4.88. The van der Waals surface area contributed by atoms with Crippen LogP contribution in [-0.2, 0) is 0 Å². The predicted octanol–water partition coefficient (Wildman–Crippen LogP) is 4.91. The Bertz CT molecular complexity index is 881. The van der Waals surface area contributed by atoms with Crippen molar-refractivity contribution in [3.8, 4) is 5.75 Å². The highest BCUT2D eigenvalue weighted by Gasteiger charge is 2.33. The third-order valence-electron chi connectivity index (χ3n) is 4.82. The Kier molecular flexibility index (Phi) is 6.15. The molecule has 0 saturated heterocycles. The van der Waals surface area contributed by atoms with Gasteiger partial charge in [-0.05, 0) is 30.0 Å². The molecule has 1 aliphatic heterocycles. The zero-order valence-electron chi connectivity index (χ0n) is 16.2. The second kappa shape index (κ2) is 8.59. The number of halogens is 3. The number of amides is 1. The van der Waals surface area contributed by atoms with Crippen LogP contribution >= 0.6 is 0 Å². The summed E-state index contributed by atoms with van der Waals surface area (Å²) in [4.78, 5) is 15.0. The van der Waals surface area contributed by atoms with E-state index in [0.717, 1.165) is 30.3 Å².